The van der Waals surface area contributed by atoms with Crippen molar-refractivity contribution >= 4 is 0 Å². The van der Waals surface area contributed by atoms with Crippen molar-refractivity contribution in [2.45, 2.75) is 57.9 Å². The Hall–Kier alpha value is -0.0800. The summed E-state index contributed by atoms with van der Waals surface area (Å²) >= 11 is 0. The van der Waals surface area contributed by atoms with Crippen molar-refractivity contribution in [1.29, 1.82) is 0 Å². The molecule has 0 aromatic carbocycles. The highest BCUT2D eigenvalue weighted by atomic mass is 15.1. The van der Waals surface area contributed by atoms with Gasteiger partial charge in [-0.15, -0.1) is 0 Å². The van der Waals surface area contributed by atoms with E-state index in [9.17, 15) is 0 Å². The Morgan fingerprint density at radius 2 is 2.25 bits per heavy atom. The highest BCUT2D eigenvalue weighted by molar-refractivity contribution is 4.92. The van der Waals surface area contributed by atoms with Gasteiger partial charge in [-0.05, 0) is 64.1 Å². The first-order chi connectivity index (χ1) is 7.78. The molecule has 2 heteroatoms. The molecule has 0 saturated carbocycles. The van der Waals surface area contributed by atoms with E-state index in [-0.39, 0.29) is 0 Å². The van der Waals surface area contributed by atoms with Crippen molar-refractivity contribution in [1.82, 2.24) is 10.2 Å². The number of nitrogens with zero attached hydrogens (tertiary/aromatic N) is 1. The third-order valence-corrected chi connectivity index (χ3v) is 4.86. The molecule has 0 radical (unpaired) electrons. The lowest BCUT2D eigenvalue weighted by Gasteiger charge is -2.29. The average molecular weight is 224 g/mol. The van der Waals surface area contributed by atoms with Crippen LogP contribution in [-0.2, 0) is 0 Å². The molecular formula is C14H28N2. The number of hydrogen-bond donors (Lipinski definition) is 1. The van der Waals surface area contributed by atoms with Crippen LogP contribution in [0.4, 0.5) is 0 Å². The van der Waals surface area contributed by atoms with E-state index in [0.717, 1.165) is 5.92 Å². The first kappa shape index (κ1) is 12.4. The highest BCUT2D eigenvalue weighted by Gasteiger charge is 2.32. The fourth-order valence-electron chi connectivity index (χ4n) is 3.48. The Labute approximate surface area is 101 Å². The Morgan fingerprint density at radius 3 is 2.81 bits per heavy atom. The lowest BCUT2D eigenvalue weighted by atomic mass is 9.85. The van der Waals surface area contributed by atoms with Crippen LogP contribution in [0.5, 0.6) is 0 Å². The quantitative estimate of drug-likeness (QED) is 0.772. The molecule has 0 amide bonds. The predicted octanol–water partition coefficient (Wildman–Crippen LogP) is 2.64. The molecule has 2 rings (SSSR count). The van der Waals surface area contributed by atoms with Crippen LogP contribution in [0.1, 0.15) is 52.4 Å². The zero-order valence-corrected chi connectivity index (χ0v) is 11.1. The van der Waals surface area contributed by atoms with Gasteiger partial charge in [0, 0.05) is 12.1 Å². The van der Waals surface area contributed by atoms with Gasteiger partial charge in [-0.25, -0.2) is 0 Å². The molecule has 0 aromatic heterocycles. The summed E-state index contributed by atoms with van der Waals surface area (Å²) in [6, 6.07) is 0. The Balaban J connectivity index is 1.74. The van der Waals surface area contributed by atoms with Crippen LogP contribution in [-0.4, -0.2) is 36.6 Å². The van der Waals surface area contributed by atoms with E-state index in [0.29, 0.717) is 5.54 Å². The molecular weight excluding hydrogens is 196 g/mol. The maximum absolute atomic E-state index is 3.76. The summed E-state index contributed by atoms with van der Waals surface area (Å²) in [5, 5.41) is 3.76. The Morgan fingerprint density at radius 1 is 1.38 bits per heavy atom. The maximum Gasteiger partial charge on any atom is 0.0179 e. The normalized spacial score (nSPS) is 36.0. The Kier molecular flexibility index (Phi) is 4.26. The monoisotopic (exact) mass is 224 g/mol. The number of hydrogen-bond acceptors (Lipinski definition) is 2. The van der Waals surface area contributed by atoms with Crippen LogP contribution >= 0.6 is 0 Å². The lowest BCUT2D eigenvalue weighted by molar-refractivity contribution is 0.288. The van der Waals surface area contributed by atoms with Gasteiger partial charge in [0.2, 0.25) is 0 Å². The second kappa shape index (κ2) is 5.50. The van der Waals surface area contributed by atoms with Crippen LogP contribution in [0.3, 0.4) is 0 Å². The van der Waals surface area contributed by atoms with Gasteiger partial charge < -0.3 is 10.2 Å². The molecule has 2 saturated heterocycles. The molecule has 16 heavy (non-hydrogen) atoms. The fraction of sp³-hybridized carbons (Fsp3) is 1.00. The minimum Gasteiger partial charge on any atom is -0.311 e. The van der Waals surface area contributed by atoms with Gasteiger partial charge in [0.15, 0.2) is 0 Å². The molecule has 2 heterocycles. The largest absolute Gasteiger partial charge is 0.311 e. The van der Waals surface area contributed by atoms with E-state index in [1.165, 1.54) is 64.7 Å². The summed E-state index contributed by atoms with van der Waals surface area (Å²) in [5.74, 6) is 0.978. The Bertz CT molecular complexity index is 209. The molecule has 2 atom stereocenters. The zero-order valence-electron chi connectivity index (χ0n) is 11.1. The zero-order chi connectivity index (χ0) is 11.4. The van der Waals surface area contributed by atoms with Crippen molar-refractivity contribution in [3.05, 3.63) is 0 Å². The summed E-state index contributed by atoms with van der Waals surface area (Å²) < 4.78 is 0. The molecule has 2 aliphatic rings. The molecule has 2 aliphatic heterocycles. The number of likely N-dealkylation sites (tertiary alicyclic amines) is 1. The minimum atomic E-state index is 0.514. The van der Waals surface area contributed by atoms with E-state index < -0.39 is 0 Å². The second-order valence-corrected chi connectivity index (χ2v) is 5.75. The number of rotatable bonds is 5. The van der Waals surface area contributed by atoms with Crippen molar-refractivity contribution < 1.29 is 0 Å². The van der Waals surface area contributed by atoms with Gasteiger partial charge in [-0.1, -0.05) is 13.8 Å². The third-order valence-electron chi connectivity index (χ3n) is 4.86. The smallest absolute Gasteiger partial charge is 0.0179 e. The van der Waals surface area contributed by atoms with Crippen LogP contribution in [0.15, 0.2) is 0 Å². The molecule has 2 nitrogen and oxygen atoms in total. The molecule has 0 aromatic rings. The van der Waals surface area contributed by atoms with Gasteiger partial charge in [0.1, 0.15) is 0 Å². The summed E-state index contributed by atoms with van der Waals surface area (Å²) in [4.78, 5) is 2.60. The van der Waals surface area contributed by atoms with Gasteiger partial charge in [-0.3, -0.25) is 0 Å². The van der Waals surface area contributed by atoms with Gasteiger partial charge in [0.05, 0.1) is 0 Å². The first-order valence-corrected chi connectivity index (χ1v) is 7.25. The van der Waals surface area contributed by atoms with Crippen molar-refractivity contribution in [2.24, 2.45) is 5.92 Å². The molecule has 2 unspecified atom stereocenters. The van der Waals surface area contributed by atoms with E-state index in [1.54, 1.807) is 0 Å². The van der Waals surface area contributed by atoms with Crippen LogP contribution in [0, 0.1) is 5.92 Å². The van der Waals surface area contributed by atoms with E-state index >= 15 is 0 Å². The standard InChI is InChI=1S/C14H28N2/c1-3-14(8-5-10-15-14)9-6-13-7-11-16(4-2)12-13/h13,15H,3-12H2,1-2H3. The molecule has 1 N–H and O–H groups in total. The predicted molar refractivity (Wildman–Crippen MR) is 69.7 cm³/mol. The third kappa shape index (κ3) is 2.78. The fourth-order valence-corrected chi connectivity index (χ4v) is 3.48. The van der Waals surface area contributed by atoms with E-state index in [2.05, 4.69) is 24.1 Å². The summed E-state index contributed by atoms with van der Waals surface area (Å²) in [7, 11) is 0. The summed E-state index contributed by atoms with van der Waals surface area (Å²) in [5.41, 5.74) is 0.514. The van der Waals surface area contributed by atoms with E-state index in [4.69, 9.17) is 0 Å². The molecule has 0 aliphatic carbocycles. The second-order valence-electron chi connectivity index (χ2n) is 5.75. The summed E-state index contributed by atoms with van der Waals surface area (Å²) in [6.07, 6.45) is 8.40. The van der Waals surface area contributed by atoms with Crippen LogP contribution in [0.2, 0.25) is 0 Å². The average Bonchev–Trinajstić information content (AvgIpc) is 2.96. The SMILES string of the molecule is CCN1CCC(CCC2(CC)CCCN2)C1. The highest BCUT2D eigenvalue weighted by Crippen LogP contribution is 2.31. The van der Waals surface area contributed by atoms with Gasteiger partial charge in [0.25, 0.3) is 0 Å². The first-order valence-electron chi connectivity index (χ1n) is 7.25. The van der Waals surface area contributed by atoms with Crippen LogP contribution < -0.4 is 5.32 Å². The molecule has 0 spiro atoms. The van der Waals surface area contributed by atoms with Crippen molar-refractivity contribution in [3.8, 4) is 0 Å². The summed E-state index contributed by atoms with van der Waals surface area (Å²) in [6.45, 7) is 9.83. The minimum absolute atomic E-state index is 0.514. The molecule has 0 bridgehead atoms. The van der Waals surface area contributed by atoms with Crippen molar-refractivity contribution in [2.75, 3.05) is 26.2 Å². The molecule has 2 fully saturated rings. The van der Waals surface area contributed by atoms with Gasteiger partial charge >= 0.3 is 0 Å². The number of nitrogens with one attached hydrogen (secondary N) is 1. The van der Waals surface area contributed by atoms with Crippen LogP contribution in [0.25, 0.3) is 0 Å². The van der Waals surface area contributed by atoms with E-state index in [1.807, 2.05) is 0 Å². The van der Waals surface area contributed by atoms with Crippen molar-refractivity contribution in [3.63, 3.8) is 0 Å². The lowest BCUT2D eigenvalue weighted by Crippen LogP contribution is -2.39. The van der Waals surface area contributed by atoms with Gasteiger partial charge in [-0.2, -0.15) is 0 Å². The topological polar surface area (TPSA) is 15.3 Å². The molecule has 94 valence electrons. The maximum atomic E-state index is 3.76.